The van der Waals surface area contributed by atoms with E-state index in [0.29, 0.717) is 17.0 Å². The number of aromatic nitrogens is 1. The van der Waals surface area contributed by atoms with Gasteiger partial charge in [0, 0.05) is 17.4 Å². The third kappa shape index (κ3) is 3.79. The Labute approximate surface area is 132 Å². The Balaban J connectivity index is 2.24. The summed E-state index contributed by atoms with van der Waals surface area (Å²) in [6.45, 7) is 3.29. The molecule has 1 aromatic heterocycles. The van der Waals surface area contributed by atoms with Crippen molar-refractivity contribution in [2.45, 2.75) is 13.8 Å². The van der Waals surface area contributed by atoms with Crippen molar-refractivity contribution in [3.8, 4) is 5.75 Å². The van der Waals surface area contributed by atoms with Crippen LogP contribution >= 0.6 is 11.3 Å². The molecule has 0 aliphatic carbocycles. The molecule has 2 aromatic rings. The van der Waals surface area contributed by atoms with Crippen molar-refractivity contribution in [3.63, 3.8) is 0 Å². The van der Waals surface area contributed by atoms with E-state index in [2.05, 4.69) is 10.3 Å². The number of carbonyl (C=O) groups is 2. The lowest BCUT2D eigenvalue weighted by atomic mass is 10.1. The normalized spacial score (nSPS) is 10.7. The monoisotopic (exact) mass is 316 g/mol. The van der Waals surface area contributed by atoms with Crippen LogP contribution in [-0.4, -0.2) is 23.8 Å². The van der Waals surface area contributed by atoms with Gasteiger partial charge in [0.2, 0.25) is 5.91 Å². The molecule has 0 bridgehead atoms. The molecule has 22 heavy (non-hydrogen) atoms. The van der Waals surface area contributed by atoms with E-state index in [1.807, 2.05) is 6.92 Å². The van der Waals surface area contributed by atoms with E-state index in [-0.39, 0.29) is 11.7 Å². The molecule has 0 unspecified atom stereocenters. The second-order valence-electron chi connectivity index (χ2n) is 4.60. The molecule has 0 radical (unpaired) electrons. The van der Waals surface area contributed by atoms with E-state index in [1.54, 1.807) is 29.8 Å². The van der Waals surface area contributed by atoms with Gasteiger partial charge >= 0.3 is 0 Å². The van der Waals surface area contributed by atoms with Crippen molar-refractivity contribution in [1.82, 2.24) is 4.98 Å². The molecular weight excluding hydrogens is 300 g/mol. The van der Waals surface area contributed by atoms with Crippen LogP contribution in [0.5, 0.6) is 5.75 Å². The molecule has 0 saturated carbocycles. The van der Waals surface area contributed by atoms with Crippen LogP contribution in [0.2, 0.25) is 0 Å². The fourth-order valence-electron chi connectivity index (χ4n) is 1.87. The number of nitrogens with zero attached hydrogens (tertiary/aromatic N) is 1. The zero-order valence-corrected chi connectivity index (χ0v) is 13.4. The summed E-state index contributed by atoms with van der Waals surface area (Å²) in [4.78, 5) is 28.5. The number of methoxy groups -OCH3 is 1. The fourth-order valence-corrected chi connectivity index (χ4v) is 2.56. The van der Waals surface area contributed by atoms with Crippen molar-refractivity contribution in [3.05, 3.63) is 45.9 Å². The van der Waals surface area contributed by atoms with Crippen LogP contribution in [0.15, 0.2) is 29.8 Å². The van der Waals surface area contributed by atoms with Gasteiger partial charge in [-0.25, -0.2) is 4.98 Å². The molecule has 6 heteroatoms. The van der Waals surface area contributed by atoms with Gasteiger partial charge in [0.15, 0.2) is 5.78 Å². The number of carbonyl (C=O) groups excluding carboxylic acids is 2. The average Bonchev–Trinajstić information content (AvgIpc) is 2.89. The molecule has 2 rings (SSSR count). The molecule has 0 spiro atoms. The molecule has 0 saturated heterocycles. The van der Waals surface area contributed by atoms with Gasteiger partial charge in [0.1, 0.15) is 5.75 Å². The first kappa shape index (κ1) is 15.9. The highest BCUT2D eigenvalue weighted by atomic mass is 32.1. The summed E-state index contributed by atoms with van der Waals surface area (Å²) in [5.41, 5.74) is 3.58. The van der Waals surface area contributed by atoms with E-state index < -0.39 is 0 Å². The zero-order valence-electron chi connectivity index (χ0n) is 12.5. The topological polar surface area (TPSA) is 68.3 Å². The molecule has 1 amide bonds. The second kappa shape index (κ2) is 7.00. The first-order chi connectivity index (χ1) is 10.5. The van der Waals surface area contributed by atoms with E-state index in [1.165, 1.54) is 31.4 Å². The first-order valence-corrected chi connectivity index (χ1v) is 7.47. The highest BCUT2D eigenvalue weighted by Crippen LogP contribution is 2.26. The quantitative estimate of drug-likeness (QED) is 0.679. The molecule has 0 fully saturated rings. The van der Waals surface area contributed by atoms with Gasteiger partial charge in [-0.1, -0.05) is 0 Å². The van der Waals surface area contributed by atoms with Crippen molar-refractivity contribution < 1.29 is 14.3 Å². The number of benzene rings is 1. The van der Waals surface area contributed by atoms with Gasteiger partial charge in [-0.3, -0.25) is 9.59 Å². The van der Waals surface area contributed by atoms with Crippen LogP contribution in [0, 0.1) is 6.92 Å². The number of nitrogens with one attached hydrogen (secondary N) is 1. The van der Waals surface area contributed by atoms with Gasteiger partial charge < -0.3 is 10.1 Å². The summed E-state index contributed by atoms with van der Waals surface area (Å²) in [7, 11) is 1.51. The number of ether oxygens (including phenoxy) is 1. The Morgan fingerprint density at radius 1 is 1.36 bits per heavy atom. The molecule has 1 heterocycles. The minimum Gasteiger partial charge on any atom is -0.495 e. The number of hydrogen-bond donors (Lipinski definition) is 1. The second-order valence-corrected chi connectivity index (χ2v) is 5.48. The maximum absolute atomic E-state index is 12.2. The molecule has 0 aliphatic heterocycles. The molecule has 1 N–H and O–H groups in total. The zero-order chi connectivity index (χ0) is 16.1. The Morgan fingerprint density at radius 2 is 2.14 bits per heavy atom. The van der Waals surface area contributed by atoms with Crippen molar-refractivity contribution >= 4 is 34.8 Å². The van der Waals surface area contributed by atoms with Gasteiger partial charge in [0.25, 0.3) is 0 Å². The van der Waals surface area contributed by atoms with Crippen LogP contribution in [0.4, 0.5) is 5.69 Å². The van der Waals surface area contributed by atoms with Crippen LogP contribution < -0.4 is 10.1 Å². The molecule has 5 nitrogen and oxygen atoms in total. The predicted octanol–water partition coefficient (Wildman–Crippen LogP) is 3.31. The summed E-state index contributed by atoms with van der Waals surface area (Å²) in [5.74, 6) is 0.134. The number of aryl methyl sites for hydroxylation is 1. The smallest absolute Gasteiger partial charge is 0.221 e. The SMILES string of the molecule is COc1ccc(C(=O)C=Cc2scnc2C)cc1NC(C)=O. The lowest BCUT2D eigenvalue weighted by Gasteiger charge is -2.09. The summed E-state index contributed by atoms with van der Waals surface area (Å²) >= 11 is 1.48. The number of thiazole rings is 1. The Morgan fingerprint density at radius 3 is 2.73 bits per heavy atom. The summed E-state index contributed by atoms with van der Waals surface area (Å²) in [5, 5.41) is 2.65. The van der Waals surface area contributed by atoms with E-state index in [9.17, 15) is 9.59 Å². The molecular formula is C16H16N2O3S. The van der Waals surface area contributed by atoms with Crippen LogP contribution in [0.1, 0.15) is 27.9 Å². The van der Waals surface area contributed by atoms with E-state index >= 15 is 0 Å². The van der Waals surface area contributed by atoms with Crippen LogP contribution in [0.25, 0.3) is 6.08 Å². The van der Waals surface area contributed by atoms with E-state index in [4.69, 9.17) is 4.74 Å². The molecule has 0 aliphatic rings. The number of rotatable bonds is 5. The molecule has 1 aromatic carbocycles. The van der Waals surface area contributed by atoms with Gasteiger partial charge in [-0.2, -0.15) is 0 Å². The number of allylic oxidation sites excluding steroid dienone is 1. The van der Waals surface area contributed by atoms with Crippen molar-refractivity contribution in [2.75, 3.05) is 12.4 Å². The highest BCUT2D eigenvalue weighted by molar-refractivity contribution is 7.10. The molecule has 114 valence electrons. The Kier molecular flexibility index (Phi) is 5.06. The maximum Gasteiger partial charge on any atom is 0.221 e. The van der Waals surface area contributed by atoms with Crippen LogP contribution in [0.3, 0.4) is 0 Å². The number of amides is 1. The largest absolute Gasteiger partial charge is 0.495 e. The Hall–Kier alpha value is -2.47. The molecule has 0 atom stereocenters. The number of anilines is 1. The maximum atomic E-state index is 12.2. The summed E-state index contributed by atoms with van der Waals surface area (Å²) in [6, 6.07) is 4.92. The van der Waals surface area contributed by atoms with Crippen molar-refractivity contribution in [2.24, 2.45) is 0 Å². The summed E-state index contributed by atoms with van der Waals surface area (Å²) < 4.78 is 5.16. The Bertz CT molecular complexity index is 735. The van der Waals surface area contributed by atoms with Crippen LogP contribution in [-0.2, 0) is 4.79 Å². The van der Waals surface area contributed by atoms with E-state index in [0.717, 1.165) is 10.6 Å². The highest BCUT2D eigenvalue weighted by Gasteiger charge is 2.09. The standard InChI is InChI=1S/C16H16N2O3S/c1-10-16(22-9-17-10)7-5-14(20)12-4-6-15(21-3)13(8-12)18-11(2)19/h4-9H,1-3H3,(H,18,19). The minimum absolute atomic E-state index is 0.151. The fraction of sp³-hybridized carbons (Fsp3) is 0.188. The minimum atomic E-state index is -0.223. The third-order valence-electron chi connectivity index (χ3n) is 2.96. The predicted molar refractivity (Wildman–Crippen MR) is 87.5 cm³/mol. The first-order valence-electron chi connectivity index (χ1n) is 6.59. The lowest BCUT2D eigenvalue weighted by Crippen LogP contribution is -2.08. The lowest BCUT2D eigenvalue weighted by molar-refractivity contribution is -0.114. The number of hydrogen-bond acceptors (Lipinski definition) is 5. The van der Waals surface area contributed by atoms with Crippen molar-refractivity contribution in [1.29, 1.82) is 0 Å². The third-order valence-corrected chi connectivity index (χ3v) is 3.86. The van der Waals surface area contributed by atoms with Gasteiger partial charge in [-0.15, -0.1) is 11.3 Å². The number of ketones is 1. The van der Waals surface area contributed by atoms with Gasteiger partial charge in [-0.05, 0) is 37.3 Å². The summed E-state index contributed by atoms with van der Waals surface area (Å²) in [6.07, 6.45) is 3.25. The average molecular weight is 316 g/mol. The van der Waals surface area contributed by atoms with Gasteiger partial charge in [0.05, 0.1) is 24.0 Å².